The Morgan fingerprint density at radius 1 is 1.50 bits per heavy atom. The number of nitrogens with two attached hydrogens (primary N) is 1. The van der Waals surface area contributed by atoms with Gasteiger partial charge in [0.05, 0.1) is 11.1 Å². The summed E-state index contributed by atoms with van der Waals surface area (Å²) >= 11 is 0. The van der Waals surface area contributed by atoms with Gasteiger partial charge in [-0.1, -0.05) is 6.42 Å². The molecule has 0 heterocycles. The van der Waals surface area contributed by atoms with Crippen LogP contribution in [0.4, 0.5) is 14.5 Å². The molecule has 18 heavy (non-hydrogen) atoms. The summed E-state index contributed by atoms with van der Waals surface area (Å²) in [4.78, 5) is 12.1. The molecular formula is C13H16F2N2O. The lowest BCUT2D eigenvalue weighted by Gasteiger charge is -2.27. The molecule has 2 rings (SSSR count). The van der Waals surface area contributed by atoms with Crippen molar-refractivity contribution >= 4 is 11.6 Å². The number of hydrogen-bond donors (Lipinski definition) is 2. The maximum Gasteiger partial charge on any atom is 0.231 e. The fraction of sp³-hybridized carbons (Fsp3) is 0.462. The minimum atomic E-state index is -0.710. The predicted octanol–water partition coefficient (Wildman–Crippen LogP) is 2.42. The fourth-order valence-electron chi connectivity index (χ4n) is 2.33. The largest absolute Gasteiger partial charge is 0.327 e. The highest BCUT2D eigenvalue weighted by Gasteiger charge is 2.43. The molecule has 98 valence electrons. The lowest BCUT2D eigenvalue weighted by Crippen LogP contribution is -2.44. The van der Waals surface area contributed by atoms with E-state index in [1.165, 1.54) is 0 Å². The molecule has 1 aliphatic rings. The van der Waals surface area contributed by atoms with Crippen molar-refractivity contribution in [3.63, 3.8) is 0 Å². The van der Waals surface area contributed by atoms with Gasteiger partial charge in [0.15, 0.2) is 0 Å². The minimum Gasteiger partial charge on any atom is -0.327 e. The number of nitrogens with one attached hydrogen (secondary N) is 1. The molecule has 1 aromatic rings. The summed E-state index contributed by atoms with van der Waals surface area (Å²) in [5, 5.41) is 2.43. The van der Waals surface area contributed by atoms with Gasteiger partial charge < -0.3 is 11.1 Å². The van der Waals surface area contributed by atoms with E-state index >= 15 is 0 Å². The minimum absolute atomic E-state index is 0.139. The van der Waals surface area contributed by atoms with Crippen LogP contribution in [0.15, 0.2) is 18.2 Å². The Morgan fingerprint density at radius 2 is 2.22 bits per heavy atom. The molecule has 0 aliphatic heterocycles. The molecule has 2 unspecified atom stereocenters. The fourth-order valence-corrected chi connectivity index (χ4v) is 2.33. The third-order valence-corrected chi connectivity index (χ3v) is 3.72. The highest BCUT2D eigenvalue weighted by Crippen LogP contribution is 2.37. The highest BCUT2D eigenvalue weighted by atomic mass is 19.1. The van der Waals surface area contributed by atoms with Gasteiger partial charge in [-0.2, -0.15) is 0 Å². The zero-order chi connectivity index (χ0) is 13.3. The number of rotatable bonds is 2. The van der Waals surface area contributed by atoms with Crippen molar-refractivity contribution in [2.24, 2.45) is 11.1 Å². The maximum absolute atomic E-state index is 13.4. The summed E-state index contributed by atoms with van der Waals surface area (Å²) in [6, 6.07) is 2.72. The first kappa shape index (κ1) is 13.0. The molecule has 1 saturated carbocycles. The molecule has 0 aromatic heterocycles. The molecule has 5 heteroatoms. The van der Waals surface area contributed by atoms with Crippen LogP contribution in [0.1, 0.15) is 26.2 Å². The second-order valence-corrected chi connectivity index (χ2v) is 4.99. The molecule has 0 spiro atoms. The number of anilines is 1. The molecule has 2 atom stereocenters. The van der Waals surface area contributed by atoms with Crippen LogP contribution in [0.2, 0.25) is 0 Å². The number of carbonyl (C=O) groups excluding carboxylic acids is 1. The summed E-state index contributed by atoms with van der Waals surface area (Å²) in [5.74, 6) is -1.59. The summed E-state index contributed by atoms with van der Waals surface area (Å²) in [5.41, 5.74) is 5.06. The van der Waals surface area contributed by atoms with Gasteiger partial charge in [0.25, 0.3) is 0 Å². The number of carbonyl (C=O) groups is 1. The number of halogens is 2. The zero-order valence-corrected chi connectivity index (χ0v) is 10.2. The maximum atomic E-state index is 13.4. The van der Waals surface area contributed by atoms with E-state index in [4.69, 9.17) is 5.73 Å². The van der Waals surface area contributed by atoms with Gasteiger partial charge in [-0.3, -0.25) is 4.79 Å². The van der Waals surface area contributed by atoms with Gasteiger partial charge in [-0.05, 0) is 31.9 Å². The topological polar surface area (TPSA) is 55.1 Å². The van der Waals surface area contributed by atoms with Crippen molar-refractivity contribution < 1.29 is 13.6 Å². The first-order valence-electron chi connectivity index (χ1n) is 5.95. The van der Waals surface area contributed by atoms with Crippen LogP contribution in [0.3, 0.4) is 0 Å². The molecule has 1 aromatic carbocycles. The Hall–Kier alpha value is -1.49. The van der Waals surface area contributed by atoms with E-state index in [1.807, 2.05) is 0 Å². The Bertz CT molecular complexity index is 478. The van der Waals surface area contributed by atoms with Crippen LogP contribution in [0.25, 0.3) is 0 Å². The van der Waals surface area contributed by atoms with Crippen molar-refractivity contribution in [1.29, 1.82) is 0 Å². The lowest BCUT2D eigenvalue weighted by atomic mass is 9.84. The average molecular weight is 254 g/mol. The van der Waals surface area contributed by atoms with E-state index in [0.29, 0.717) is 6.42 Å². The van der Waals surface area contributed by atoms with Gasteiger partial charge in [0, 0.05) is 12.1 Å². The normalized spacial score (nSPS) is 27.2. The summed E-state index contributed by atoms with van der Waals surface area (Å²) in [6.45, 7) is 1.76. The Labute approximate surface area is 104 Å². The van der Waals surface area contributed by atoms with E-state index in [2.05, 4.69) is 5.32 Å². The quantitative estimate of drug-likeness (QED) is 0.851. The second kappa shape index (κ2) is 4.65. The van der Waals surface area contributed by atoms with E-state index in [1.54, 1.807) is 6.92 Å². The Morgan fingerprint density at radius 3 is 2.83 bits per heavy atom. The Balaban J connectivity index is 2.19. The molecule has 1 amide bonds. The van der Waals surface area contributed by atoms with Crippen LogP contribution < -0.4 is 11.1 Å². The van der Waals surface area contributed by atoms with Crippen LogP contribution in [-0.4, -0.2) is 11.9 Å². The molecular weight excluding hydrogens is 238 g/mol. The van der Waals surface area contributed by atoms with Crippen LogP contribution >= 0.6 is 0 Å². The smallest absolute Gasteiger partial charge is 0.231 e. The highest BCUT2D eigenvalue weighted by molar-refractivity contribution is 5.96. The number of hydrogen-bond acceptors (Lipinski definition) is 2. The number of benzene rings is 1. The first-order chi connectivity index (χ1) is 8.43. The molecule has 0 radical (unpaired) electrons. The molecule has 3 N–H and O–H groups in total. The molecule has 1 aliphatic carbocycles. The zero-order valence-electron chi connectivity index (χ0n) is 10.2. The number of amides is 1. The lowest BCUT2D eigenvalue weighted by molar-refractivity contribution is -0.125. The van der Waals surface area contributed by atoms with Crippen molar-refractivity contribution in [2.75, 3.05) is 5.32 Å². The van der Waals surface area contributed by atoms with Crippen molar-refractivity contribution in [3.05, 3.63) is 29.8 Å². The average Bonchev–Trinajstić information content (AvgIpc) is 2.66. The van der Waals surface area contributed by atoms with Crippen LogP contribution in [0.5, 0.6) is 0 Å². The summed E-state index contributed by atoms with van der Waals surface area (Å²) < 4.78 is 26.4. The van der Waals surface area contributed by atoms with Crippen molar-refractivity contribution in [1.82, 2.24) is 0 Å². The molecule has 0 saturated heterocycles. The monoisotopic (exact) mass is 254 g/mol. The van der Waals surface area contributed by atoms with E-state index in [9.17, 15) is 13.6 Å². The second-order valence-electron chi connectivity index (χ2n) is 4.99. The van der Waals surface area contributed by atoms with Crippen molar-refractivity contribution in [3.8, 4) is 0 Å². The van der Waals surface area contributed by atoms with Gasteiger partial charge in [0.2, 0.25) is 5.91 Å². The van der Waals surface area contributed by atoms with Gasteiger partial charge in [0.1, 0.15) is 11.6 Å². The summed E-state index contributed by atoms with van der Waals surface area (Å²) in [6.07, 6.45) is 2.31. The van der Waals surface area contributed by atoms with Crippen LogP contribution in [0, 0.1) is 17.0 Å². The van der Waals surface area contributed by atoms with Crippen LogP contribution in [-0.2, 0) is 4.79 Å². The predicted molar refractivity (Wildman–Crippen MR) is 64.9 cm³/mol. The van der Waals surface area contributed by atoms with Gasteiger partial charge >= 0.3 is 0 Å². The standard InChI is InChI=1S/C13H16F2N2O/c1-13(6-2-3-11(13)16)12(18)17-10-7-8(14)4-5-9(10)15/h4-5,7,11H,2-3,6,16H2,1H3,(H,17,18). The Kier molecular flexibility index (Phi) is 3.34. The molecule has 3 nitrogen and oxygen atoms in total. The third kappa shape index (κ3) is 2.22. The van der Waals surface area contributed by atoms with Gasteiger partial charge in [-0.15, -0.1) is 0 Å². The SMILES string of the molecule is CC1(C(=O)Nc2cc(F)ccc2F)CCCC1N. The first-order valence-corrected chi connectivity index (χ1v) is 5.95. The van der Waals surface area contributed by atoms with E-state index in [0.717, 1.165) is 31.0 Å². The van der Waals surface area contributed by atoms with E-state index in [-0.39, 0.29) is 17.6 Å². The third-order valence-electron chi connectivity index (χ3n) is 3.72. The van der Waals surface area contributed by atoms with Gasteiger partial charge in [-0.25, -0.2) is 8.78 Å². The van der Waals surface area contributed by atoms with E-state index < -0.39 is 17.0 Å². The molecule has 0 bridgehead atoms. The molecule has 1 fully saturated rings. The summed E-state index contributed by atoms with van der Waals surface area (Å²) in [7, 11) is 0. The van der Waals surface area contributed by atoms with Crippen molar-refractivity contribution in [2.45, 2.75) is 32.2 Å².